The molecule has 0 bridgehead atoms. The Labute approximate surface area is 152 Å². The molecule has 0 aliphatic heterocycles. The number of nitrogens with zero attached hydrogens (tertiary/aromatic N) is 2. The number of aromatic nitrogens is 1. The molecule has 0 radical (unpaired) electrons. The van der Waals surface area contributed by atoms with Crippen LogP contribution < -0.4 is 0 Å². The van der Waals surface area contributed by atoms with Crippen LogP contribution in [0.15, 0.2) is 53.6 Å². The number of aryl methyl sites for hydroxylation is 1. The van der Waals surface area contributed by atoms with E-state index < -0.39 is 0 Å². The van der Waals surface area contributed by atoms with Crippen molar-refractivity contribution in [3.05, 3.63) is 74.9 Å². The number of hydrogen-bond acceptors (Lipinski definition) is 4. The first kappa shape index (κ1) is 17.2. The third-order valence-corrected chi connectivity index (χ3v) is 6.27. The molecular formula is C20H16N2O2Se. The fourth-order valence-corrected chi connectivity index (χ4v) is 4.77. The van der Waals surface area contributed by atoms with Gasteiger partial charge in [-0.1, -0.05) is 0 Å². The third kappa shape index (κ3) is 3.71. The van der Waals surface area contributed by atoms with Gasteiger partial charge in [-0.25, -0.2) is 0 Å². The van der Waals surface area contributed by atoms with Crippen molar-refractivity contribution in [3.63, 3.8) is 0 Å². The maximum atomic E-state index is 10.7. The van der Waals surface area contributed by atoms with E-state index in [9.17, 15) is 10.1 Å². The van der Waals surface area contributed by atoms with Crippen LogP contribution in [0.1, 0.15) is 27.2 Å². The summed E-state index contributed by atoms with van der Waals surface area (Å²) in [5.74, 6) is -0.0652. The second kappa shape index (κ2) is 7.94. The number of carbonyl (C=O) groups is 1. The molecule has 1 heterocycles. The Kier molecular flexibility index (Phi) is 5.45. The van der Waals surface area contributed by atoms with Crippen molar-refractivity contribution in [3.8, 4) is 17.2 Å². The van der Waals surface area contributed by atoms with Gasteiger partial charge in [-0.15, -0.1) is 0 Å². The van der Waals surface area contributed by atoms with Crippen molar-refractivity contribution in [2.45, 2.75) is 12.8 Å². The molecule has 5 heteroatoms. The van der Waals surface area contributed by atoms with Crippen LogP contribution in [0.25, 0.3) is 11.1 Å². The van der Waals surface area contributed by atoms with Gasteiger partial charge in [0.05, 0.1) is 0 Å². The summed E-state index contributed by atoms with van der Waals surface area (Å²) >= 11 is 0.145. The number of rotatable bonds is 6. The summed E-state index contributed by atoms with van der Waals surface area (Å²) in [4.78, 5) is 15.0. The normalized spacial score (nSPS) is 11.5. The van der Waals surface area contributed by atoms with E-state index in [-0.39, 0.29) is 27.0 Å². The van der Waals surface area contributed by atoms with Crippen LogP contribution in [0.2, 0.25) is 0 Å². The first-order chi connectivity index (χ1) is 12.2. The molecule has 0 fully saturated rings. The van der Waals surface area contributed by atoms with E-state index in [0.29, 0.717) is 12.0 Å². The second-order valence-electron chi connectivity index (χ2n) is 5.57. The molecule has 0 spiro atoms. The Morgan fingerprint density at radius 1 is 1.28 bits per heavy atom. The van der Waals surface area contributed by atoms with Gasteiger partial charge < -0.3 is 0 Å². The van der Waals surface area contributed by atoms with Crippen LogP contribution in [-0.4, -0.2) is 32.6 Å². The van der Waals surface area contributed by atoms with E-state index in [0.717, 1.165) is 22.4 Å². The first-order valence-corrected chi connectivity index (χ1v) is 9.64. The summed E-state index contributed by atoms with van der Waals surface area (Å²) in [5.41, 5.74) is 4.48. The topological polar surface area (TPSA) is 63.0 Å². The van der Waals surface area contributed by atoms with E-state index in [1.54, 1.807) is 0 Å². The van der Waals surface area contributed by atoms with E-state index in [4.69, 9.17) is 4.74 Å². The molecule has 3 aromatic rings. The molecule has 4 nitrogen and oxygen atoms in total. The minimum atomic E-state index is -0.0652. The maximum absolute atomic E-state index is 10.7. The Hall–Kier alpha value is -2.67. The molecule has 0 saturated carbocycles. The van der Waals surface area contributed by atoms with E-state index in [1.807, 2.05) is 60.5 Å². The number of benzene rings is 2. The number of nitriles is 1. The third-order valence-electron chi connectivity index (χ3n) is 4.08. The Morgan fingerprint density at radius 2 is 2.08 bits per heavy atom. The van der Waals surface area contributed by atoms with Crippen molar-refractivity contribution in [1.82, 2.24) is 4.98 Å². The first-order valence-electron chi connectivity index (χ1n) is 7.79. The molecule has 2 aromatic carbocycles. The van der Waals surface area contributed by atoms with Gasteiger partial charge in [0.1, 0.15) is 0 Å². The van der Waals surface area contributed by atoms with Crippen LogP contribution in [0.4, 0.5) is 0 Å². The SMILES string of the molecule is Cc1nc[se]c1C(COC=O)c1ccc(-c2ccccc2)c(C#N)c1. The molecule has 124 valence electrons. The zero-order valence-electron chi connectivity index (χ0n) is 13.7. The average molecular weight is 395 g/mol. The summed E-state index contributed by atoms with van der Waals surface area (Å²) in [5, 5.41) is 11.5. The predicted molar refractivity (Wildman–Crippen MR) is 96.4 cm³/mol. The van der Waals surface area contributed by atoms with Gasteiger partial charge in [-0.2, -0.15) is 0 Å². The summed E-state index contributed by atoms with van der Waals surface area (Å²) in [6.45, 7) is 2.70. The van der Waals surface area contributed by atoms with Gasteiger partial charge in [0.2, 0.25) is 0 Å². The van der Waals surface area contributed by atoms with Crippen molar-refractivity contribution in [2.24, 2.45) is 0 Å². The molecule has 0 aliphatic carbocycles. The zero-order valence-corrected chi connectivity index (χ0v) is 15.4. The molecule has 1 aromatic heterocycles. The van der Waals surface area contributed by atoms with Gasteiger partial charge in [0.25, 0.3) is 0 Å². The number of carbonyl (C=O) groups excluding carboxylic acids is 1. The van der Waals surface area contributed by atoms with Crippen LogP contribution in [0, 0.1) is 18.3 Å². The summed E-state index contributed by atoms with van der Waals surface area (Å²) < 4.78 is 6.24. The fourth-order valence-electron chi connectivity index (χ4n) is 2.84. The minimum absolute atomic E-state index is 0.0652. The molecule has 25 heavy (non-hydrogen) atoms. The van der Waals surface area contributed by atoms with Gasteiger partial charge in [-0.3, -0.25) is 0 Å². The summed E-state index contributed by atoms with van der Waals surface area (Å²) in [6, 6.07) is 18.0. The van der Waals surface area contributed by atoms with E-state index >= 15 is 0 Å². The van der Waals surface area contributed by atoms with Gasteiger partial charge in [0.15, 0.2) is 0 Å². The van der Waals surface area contributed by atoms with Crippen molar-refractivity contribution in [2.75, 3.05) is 6.61 Å². The molecular weight excluding hydrogens is 379 g/mol. The second-order valence-corrected chi connectivity index (χ2v) is 7.43. The monoisotopic (exact) mass is 396 g/mol. The van der Waals surface area contributed by atoms with Crippen molar-refractivity contribution < 1.29 is 9.53 Å². The van der Waals surface area contributed by atoms with E-state index in [1.165, 1.54) is 4.44 Å². The Bertz CT molecular complexity index is 913. The molecule has 1 unspecified atom stereocenters. The Morgan fingerprint density at radius 3 is 2.72 bits per heavy atom. The quantitative estimate of drug-likeness (QED) is 0.475. The van der Waals surface area contributed by atoms with Gasteiger partial charge in [0, 0.05) is 0 Å². The molecule has 0 saturated heterocycles. The van der Waals surface area contributed by atoms with Crippen LogP contribution in [0.3, 0.4) is 0 Å². The standard InChI is InChI=1S/C20H16N2O2Se/c1-14-20(25-12-22-14)19(11-24-13-23)16-7-8-18(17(9-16)10-21)15-5-3-2-4-6-15/h2-9,12-13,19H,11H2,1H3. The van der Waals surface area contributed by atoms with Crippen LogP contribution in [-0.2, 0) is 9.53 Å². The van der Waals surface area contributed by atoms with Crippen LogP contribution in [0.5, 0.6) is 0 Å². The van der Waals surface area contributed by atoms with Gasteiger partial charge in [-0.05, 0) is 0 Å². The van der Waals surface area contributed by atoms with Crippen molar-refractivity contribution in [1.29, 1.82) is 5.26 Å². The Balaban J connectivity index is 2.04. The van der Waals surface area contributed by atoms with Gasteiger partial charge >= 0.3 is 152 Å². The number of hydrogen-bond donors (Lipinski definition) is 0. The van der Waals surface area contributed by atoms with Crippen LogP contribution >= 0.6 is 0 Å². The fraction of sp³-hybridized carbons (Fsp3) is 0.150. The molecule has 1 atom stereocenters. The molecule has 0 N–H and O–H groups in total. The molecule has 0 amide bonds. The predicted octanol–water partition coefficient (Wildman–Crippen LogP) is 3.29. The molecule has 0 aliphatic rings. The zero-order chi connectivity index (χ0) is 17.6. The average Bonchev–Trinajstić information content (AvgIpc) is 3.08. The molecule has 3 rings (SSSR count). The number of ether oxygens (including phenoxy) is 1. The van der Waals surface area contributed by atoms with E-state index in [2.05, 4.69) is 11.1 Å². The summed E-state index contributed by atoms with van der Waals surface area (Å²) in [6.07, 6.45) is 0. The van der Waals surface area contributed by atoms with Crippen molar-refractivity contribution >= 4 is 21.0 Å². The summed E-state index contributed by atoms with van der Waals surface area (Å²) in [7, 11) is 0.